The second-order valence-corrected chi connectivity index (χ2v) is 11.9. The molecule has 0 bridgehead atoms. The third kappa shape index (κ3) is 5.04. The predicted octanol–water partition coefficient (Wildman–Crippen LogP) is 5.18. The maximum Gasteiger partial charge on any atom is 0.253 e. The predicted molar refractivity (Wildman–Crippen MR) is 158 cm³/mol. The fraction of sp³-hybridized carbons (Fsp3) is 0.406. The Balaban J connectivity index is 1.11. The van der Waals surface area contributed by atoms with Crippen LogP contribution in [0.3, 0.4) is 0 Å². The molecule has 6 rings (SSSR count). The van der Waals surface area contributed by atoms with Crippen LogP contribution in [0.5, 0.6) is 0 Å². The largest absolute Gasteiger partial charge is 0.355 e. The molecular weight excluding hydrogens is 536 g/mol. The lowest BCUT2D eigenvalue weighted by Gasteiger charge is -2.39. The second-order valence-electron chi connectivity index (χ2n) is 11.5. The van der Waals surface area contributed by atoms with Gasteiger partial charge in [-0.15, -0.1) is 0 Å². The van der Waals surface area contributed by atoms with Crippen molar-refractivity contribution in [1.29, 1.82) is 5.26 Å². The van der Waals surface area contributed by atoms with Crippen LogP contribution < -0.4 is 15.1 Å². The van der Waals surface area contributed by atoms with Crippen LogP contribution in [0.1, 0.15) is 65.7 Å². The first kappa shape index (κ1) is 27.2. The van der Waals surface area contributed by atoms with Gasteiger partial charge in [0.15, 0.2) is 0 Å². The molecule has 3 aliphatic rings. The van der Waals surface area contributed by atoms with Gasteiger partial charge in [-0.05, 0) is 81.2 Å². The van der Waals surface area contributed by atoms with E-state index in [9.17, 15) is 14.9 Å². The van der Waals surface area contributed by atoms with Crippen molar-refractivity contribution in [1.82, 2.24) is 15.3 Å². The van der Waals surface area contributed by atoms with Gasteiger partial charge in [0.2, 0.25) is 5.91 Å². The van der Waals surface area contributed by atoms with Gasteiger partial charge in [-0.1, -0.05) is 29.8 Å². The Morgan fingerprint density at radius 3 is 2.63 bits per heavy atom. The minimum absolute atomic E-state index is 0.0965. The molecule has 210 valence electrons. The molecule has 2 amide bonds. The Kier molecular flexibility index (Phi) is 7.39. The number of hydrogen-bond acceptors (Lipinski definition) is 6. The van der Waals surface area contributed by atoms with E-state index in [1.807, 2.05) is 24.0 Å². The van der Waals surface area contributed by atoms with E-state index in [1.165, 1.54) is 0 Å². The van der Waals surface area contributed by atoms with Gasteiger partial charge in [-0.2, -0.15) is 5.26 Å². The Hall–Kier alpha value is -3.96. The normalized spacial score (nSPS) is 21.4. The third-order valence-electron chi connectivity index (χ3n) is 9.11. The average molecular weight is 569 g/mol. The van der Waals surface area contributed by atoms with Crippen LogP contribution >= 0.6 is 11.6 Å². The van der Waals surface area contributed by atoms with Gasteiger partial charge in [-0.3, -0.25) is 14.6 Å². The van der Waals surface area contributed by atoms with E-state index in [0.717, 1.165) is 36.9 Å². The summed E-state index contributed by atoms with van der Waals surface area (Å²) in [5, 5.41) is 13.2. The van der Waals surface area contributed by atoms with Crippen molar-refractivity contribution >= 4 is 34.9 Å². The molecular formula is C32H33ClN6O2. The monoisotopic (exact) mass is 568 g/mol. The second kappa shape index (κ2) is 11.1. The highest BCUT2D eigenvalue weighted by Gasteiger charge is 2.52. The smallest absolute Gasteiger partial charge is 0.253 e. The summed E-state index contributed by atoms with van der Waals surface area (Å²) in [6.07, 6.45) is 8.29. The van der Waals surface area contributed by atoms with Crippen molar-refractivity contribution in [3.63, 3.8) is 0 Å². The molecule has 3 aromatic rings. The van der Waals surface area contributed by atoms with Crippen LogP contribution in [0.25, 0.3) is 0 Å². The van der Waals surface area contributed by atoms with E-state index >= 15 is 0 Å². The van der Waals surface area contributed by atoms with E-state index in [2.05, 4.69) is 38.4 Å². The van der Waals surface area contributed by atoms with Gasteiger partial charge in [0.05, 0.1) is 27.3 Å². The summed E-state index contributed by atoms with van der Waals surface area (Å²) in [6.45, 7) is 3.85. The number of benzene rings is 1. The Morgan fingerprint density at radius 2 is 1.88 bits per heavy atom. The SMILES string of the molecule is Cc1ncc(Cl)cc1C(=O)NC1CCC(CN2C(=O)C3(CCN(c4ncccc4C#N)CC3)c3ccccc32)CC1. The fourth-order valence-electron chi connectivity index (χ4n) is 6.85. The number of pyridine rings is 2. The van der Waals surface area contributed by atoms with Crippen LogP contribution in [0.15, 0.2) is 54.9 Å². The van der Waals surface area contributed by atoms with Crippen molar-refractivity contribution in [3.8, 4) is 6.07 Å². The first-order valence-corrected chi connectivity index (χ1v) is 14.7. The number of rotatable bonds is 5. The third-order valence-corrected chi connectivity index (χ3v) is 9.32. The maximum atomic E-state index is 14.2. The zero-order valence-electron chi connectivity index (χ0n) is 23.1. The van der Waals surface area contributed by atoms with Crippen molar-refractivity contribution in [2.24, 2.45) is 5.92 Å². The molecule has 4 heterocycles. The quantitative estimate of drug-likeness (QED) is 0.455. The number of anilines is 2. The zero-order valence-corrected chi connectivity index (χ0v) is 23.9. The number of carbonyl (C=O) groups excluding carboxylic acids is 2. The maximum absolute atomic E-state index is 14.2. The van der Waals surface area contributed by atoms with Crippen LogP contribution in [-0.2, 0) is 10.2 Å². The van der Waals surface area contributed by atoms with E-state index in [-0.39, 0.29) is 17.9 Å². The number of para-hydroxylation sites is 1. The molecule has 1 N–H and O–H groups in total. The molecule has 0 unspecified atom stereocenters. The van der Waals surface area contributed by atoms with Crippen molar-refractivity contribution in [3.05, 3.63) is 82.3 Å². The van der Waals surface area contributed by atoms with Gasteiger partial charge in [0.1, 0.15) is 11.9 Å². The zero-order chi connectivity index (χ0) is 28.6. The Bertz CT molecular complexity index is 1520. The molecule has 41 heavy (non-hydrogen) atoms. The number of hydrogen-bond donors (Lipinski definition) is 1. The highest BCUT2D eigenvalue weighted by Crippen LogP contribution is 2.49. The number of carbonyl (C=O) groups is 2. The molecule has 0 atom stereocenters. The molecule has 1 saturated carbocycles. The number of halogens is 1. The van der Waals surface area contributed by atoms with Crippen LogP contribution in [0, 0.1) is 24.2 Å². The summed E-state index contributed by atoms with van der Waals surface area (Å²) in [4.78, 5) is 39.9. The van der Waals surface area contributed by atoms with Gasteiger partial charge in [0.25, 0.3) is 5.91 Å². The van der Waals surface area contributed by atoms with Gasteiger partial charge in [0, 0.05) is 43.8 Å². The number of aromatic nitrogens is 2. The van der Waals surface area contributed by atoms with Crippen molar-refractivity contribution < 1.29 is 9.59 Å². The molecule has 9 heteroatoms. The average Bonchev–Trinajstić information content (AvgIpc) is 3.22. The number of nitrogens with zero attached hydrogens (tertiary/aromatic N) is 5. The van der Waals surface area contributed by atoms with Gasteiger partial charge >= 0.3 is 0 Å². The van der Waals surface area contributed by atoms with E-state index in [4.69, 9.17) is 11.6 Å². The standard InChI is InChI=1S/C32H33ClN6O2/c1-21-26(17-24(33)19-36-21)30(40)37-25-10-8-22(9-11-25)20-39-28-7-3-2-6-27(28)32(31(39)41)12-15-38(16-13-32)29-23(18-34)5-4-14-35-29/h2-7,14,17,19,22,25H,8-13,15-16,20H2,1H3,(H,37,40). The highest BCUT2D eigenvalue weighted by molar-refractivity contribution is 6.30. The highest BCUT2D eigenvalue weighted by atomic mass is 35.5. The summed E-state index contributed by atoms with van der Waals surface area (Å²) in [7, 11) is 0. The summed E-state index contributed by atoms with van der Waals surface area (Å²) in [5.74, 6) is 1.13. The molecule has 2 fully saturated rings. The number of nitriles is 1. The first-order valence-electron chi connectivity index (χ1n) is 14.3. The van der Waals surface area contributed by atoms with Crippen molar-refractivity contribution in [2.75, 3.05) is 29.4 Å². The fourth-order valence-corrected chi connectivity index (χ4v) is 7.00. The van der Waals surface area contributed by atoms with Crippen LogP contribution in [0.4, 0.5) is 11.5 Å². The molecule has 1 aromatic carbocycles. The number of amides is 2. The molecule has 1 saturated heterocycles. The lowest BCUT2D eigenvalue weighted by atomic mass is 9.73. The Morgan fingerprint density at radius 1 is 1.12 bits per heavy atom. The summed E-state index contributed by atoms with van der Waals surface area (Å²) < 4.78 is 0. The Labute approximate surface area is 245 Å². The molecule has 2 aliphatic heterocycles. The van der Waals surface area contributed by atoms with E-state index in [1.54, 1.807) is 30.6 Å². The molecule has 0 radical (unpaired) electrons. The molecule has 2 aromatic heterocycles. The van der Waals surface area contributed by atoms with Crippen LogP contribution in [-0.4, -0.2) is 47.5 Å². The number of aryl methyl sites for hydroxylation is 1. The topological polar surface area (TPSA) is 102 Å². The van der Waals surface area contributed by atoms with Gasteiger partial charge < -0.3 is 15.1 Å². The van der Waals surface area contributed by atoms with E-state index < -0.39 is 5.41 Å². The minimum atomic E-state index is -0.539. The van der Waals surface area contributed by atoms with E-state index in [0.29, 0.717) is 66.1 Å². The molecule has 1 aliphatic carbocycles. The molecule has 1 spiro atoms. The number of nitrogens with one attached hydrogen (secondary N) is 1. The lowest BCUT2D eigenvalue weighted by molar-refractivity contribution is -0.124. The molecule has 8 nitrogen and oxygen atoms in total. The van der Waals surface area contributed by atoms with Gasteiger partial charge in [-0.25, -0.2) is 4.98 Å². The lowest BCUT2D eigenvalue weighted by Crippen LogP contribution is -2.50. The van der Waals surface area contributed by atoms with Crippen LogP contribution in [0.2, 0.25) is 5.02 Å². The summed E-state index contributed by atoms with van der Waals surface area (Å²) in [5.41, 5.74) is 3.36. The number of fused-ring (bicyclic) bond motifs is 2. The first-order chi connectivity index (χ1) is 19.9. The summed E-state index contributed by atoms with van der Waals surface area (Å²) >= 11 is 6.06. The van der Waals surface area contributed by atoms with Crippen molar-refractivity contribution in [2.45, 2.75) is 56.9 Å². The number of piperidine rings is 1. The summed E-state index contributed by atoms with van der Waals surface area (Å²) in [6, 6.07) is 15.8. The minimum Gasteiger partial charge on any atom is -0.355 e.